The van der Waals surface area contributed by atoms with Crippen LogP contribution in [0.5, 0.6) is 0 Å². The molecule has 0 aliphatic rings. The summed E-state index contributed by atoms with van der Waals surface area (Å²) in [5, 5.41) is 2.65. The van der Waals surface area contributed by atoms with Gasteiger partial charge < -0.3 is 5.32 Å². The number of hydrogen-bond donors (Lipinski definition) is 1. The summed E-state index contributed by atoms with van der Waals surface area (Å²) in [5.41, 5.74) is 0. The van der Waals surface area contributed by atoms with Crippen molar-refractivity contribution in [2.75, 3.05) is 6.54 Å². The van der Waals surface area contributed by atoms with Crippen LogP contribution >= 0.6 is 0 Å². The maximum absolute atomic E-state index is 10.8. The Morgan fingerprint density at radius 1 is 1.60 bits per heavy atom. The average molecular weight is 142 g/mol. The van der Waals surface area contributed by atoms with Gasteiger partial charge in [-0.05, 0) is 19.3 Å². The molecule has 0 saturated heterocycles. The van der Waals surface area contributed by atoms with E-state index in [1.807, 2.05) is 0 Å². The highest BCUT2D eigenvalue weighted by Gasteiger charge is 2.00. The summed E-state index contributed by atoms with van der Waals surface area (Å²) in [7, 11) is 0. The maximum atomic E-state index is 10.8. The third-order valence-corrected chi connectivity index (χ3v) is 1.27. The molecule has 0 aromatic rings. The summed E-state index contributed by atoms with van der Waals surface area (Å²) in [5.74, 6) is 0.722. The van der Waals surface area contributed by atoms with Crippen LogP contribution in [0, 0.1) is 12.8 Å². The normalized spacial score (nSPS) is 10.0. The molecule has 0 fully saturated rings. The van der Waals surface area contributed by atoms with Gasteiger partial charge in [0.25, 0.3) is 0 Å². The van der Waals surface area contributed by atoms with E-state index in [1.54, 1.807) is 0 Å². The van der Waals surface area contributed by atoms with Gasteiger partial charge in [0, 0.05) is 13.0 Å². The van der Waals surface area contributed by atoms with Crippen LogP contribution in [0.4, 0.5) is 0 Å². The summed E-state index contributed by atoms with van der Waals surface area (Å²) >= 11 is 0. The molecular weight excluding hydrogens is 126 g/mol. The minimum atomic E-state index is 0.115. The van der Waals surface area contributed by atoms with Crippen molar-refractivity contribution in [2.24, 2.45) is 5.92 Å². The molecule has 0 saturated carbocycles. The second-order valence-corrected chi connectivity index (χ2v) is 2.78. The van der Waals surface area contributed by atoms with E-state index in [4.69, 9.17) is 0 Å². The lowest BCUT2D eigenvalue weighted by Gasteiger charge is -2.03. The molecule has 0 rings (SSSR count). The van der Waals surface area contributed by atoms with Crippen molar-refractivity contribution in [1.29, 1.82) is 0 Å². The van der Waals surface area contributed by atoms with Crippen molar-refractivity contribution in [1.82, 2.24) is 5.32 Å². The SMILES string of the molecule is [CH2]CNC(=O)CCC(C)C. The highest BCUT2D eigenvalue weighted by molar-refractivity contribution is 5.75. The Bertz CT molecular complexity index is 99.4. The lowest BCUT2D eigenvalue weighted by molar-refractivity contribution is -0.121. The molecule has 59 valence electrons. The Morgan fingerprint density at radius 3 is 2.60 bits per heavy atom. The molecule has 2 nitrogen and oxygen atoms in total. The van der Waals surface area contributed by atoms with Gasteiger partial charge in [0.1, 0.15) is 0 Å². The molecule has 1 amide bonds. The first-order chi connectivity index (χ1) is 4.66. The molecule has 1 N–H and O–H groups in total. The number of amides is 1. The minimum absolute atomic E-state index is 0.115. The third kappa shape index (κ3) is 5.60. The fourth-order valence-electron chi connectivity index (χ4n) is 0.648. The van der Waals surface area contributed by atoms with Gasteiger partial charge in [0.05, 0.1) is 0 Å². The molecule has 0 aromatic carbocycles. The summed E-state index contributed by atoms with van der Waals surface area (Å²) < 4.78 is 0. The zero-order valence-electron chi connectivity index (χ0n) is 6.81. The molecule has 10 heavy (non-hydrogen) atoms. The third-order valence-electron chi connectivity index (χ3n) is 1.27. The number of carbonyl (C=O) groups is 1. The quantitative estimate of drug-likeness (QED) is 0.631. The zero-order chi connectivity index (χ0) is 7.98. The first-order valence-corrected chi connectivity index (χ1v) is 3.72. The second kappa shape index (κ2) is 5.27. The van der Waals surface area contributed by atoms with E-state index < -0.39 is 0 Å². The topological polar surface area (TPSA) is 29.1 Å². The molecule has 0 spiro atoms. The zero-order valence-corrected chi connectivity index (χ0v) is 6.81. The van der Waals surface area contributed by atoms with Crippen molar-refractivity contribution in [3.8, 4) is 0 Å². The first-order valence-electron chi connectivity index (χ1n) is 3.72. The van der Waals surface area contributed by atoms with Gasteiger partial charge in [0.15, 0.2) is 0 Å². The maximum Gasteiger partial charge on any atom is 0.220 e. The van der Waals surface area contributed by atoms with E-state index in [0.717, 1.165) is 6.42 Å². The van der Waals surface area contributed by atoms with Gasteiger partial charge >= 0.3 is 0 Å². The fourth-order valence-corrected chi connectivity index (χ4v) is 0.648. The molecule has 0 atom stereocenters. The van der Waals surface area contributed by atoms with Crippen molar-refractivity contribution in [3.05, 3.63) is 6.92 Å². The van der Waals surface area contributed by atoms with Crippen LogP contribution in [0.15, 0.2) is 0 Å². The van der Waals surface area contributed by atoms with Crippen LogP contribution in [0.3, 0.4) is 0 Å². The monoisotopic (exact) mass is 142 g/mol. The van der Waals surface area contributed by atoms with Crippen molar-refractivity contribution in [2.45, 2.75) is 26.7 Å². The van der Waals surface area contributed by atoms with E-state index in [2.05, 4.69) is 26.1 Å². The Hall–Kier alpha value is -0.530. The molecule has 0 aliphatic heterocycles. The molecular formula is C8H16NO. The van der Waals surface area contributed by atoms with E-state index in [0.29, 0.717) is 18.9 Å². The van der Waals surface area contributed by atoms with Gasteiger partial charge in [-0.1, -0.05) is 13.8 Å². The van der Waals surface area contributed by atoms with Gasteiger partial charge in [-0.15, -0.1) is 0 Å². The van der Waals surface area contributed by atoms with Crippen LogP contribution in [-0.4, -0.2) is 12.5 Å². The Kier molecular flexibility index (Phi) is 4.99. The number of rotatable bonds is 4. The van der Waals surface area contributed by atoms with Crippen LogP contribution < -0.4 is 5.32 Å². The highest BCUT2D eigenvalue weighted by atomic mass is 16.1. The Morgan fingerprint density at radius 2 is 2.20 bits per heavy atom. The first kappa shape index (κ1) is 9.47. The van der Waals surface area contributed by atoms with Gasteiger partial charge in [-0.3, -0.25) is 4.79 Å². The Balaban J connectivity index is 3.22. The van der Waals surface area contributed by atoms with Crippen molar-refractivity contribution < 1.29 is 4.79 Å². The number of nitrogens with one attached hydrogen (secondary N) is 1. The van der Waals surface area contributed by atoms with Gasteiger partial charge in [0.2, 0.25) is 5.91 Å². The second-order valence-electron chi connectivity index (χ2n) is 2.78. The molecule has 0 unspecified atom stereocenters. The lowest BCUT2D eigenvalue weighted by atomic mass is 10.1. The van der Waals surface area contributed by atoms with Crippen LogP contribution in [0.2, 0.25) is 0 Å². The highest BCUT2D eigenvalue weighted by Crippen LogP contribution is 2.02. The van der Waals surface area contributed by atoms with Crippen LogP contribution in [-0.2, 0) is 4.79 Å². The average Bonchev–Trinajstić information content (AvgIpc) is 1.85. The van der Waals surface area contributed by atoms with E-state index in [9.17, 15) is 4.79 Å². The fraction of sp³-hybridized carbons (Fsp3) is 0.750. The van der Waals surface area contributed by atoms with Crippen molar-refractivity contribution >= 4 is 5.91 Å². The smallest absolute Gasteiger partial charge is 0.220 e. The van der Waals surface area contributed by atoms with E-state index >= 15 is 0 Å². The Labute approximate surface area is 63.0 Å². The summed E-state index contributed by atoms with van der Waals surface area (Å²) in [6.07, 6.45) is 1.60. The molecule has 1 radical (unpaired) electrons. The minimum Gasteiger partial charge on any atom is -0.356 e. The number of hydrogen-bond acceptors (Lipinski definition) is 1. The van der Waals surface area contributed by atoms with E-state index in [1.165, 1.54) is 0 Å². The molecule has 0 aromatic heterocycles. The molecule has 0 bridgehead atoms. The standard InChI is InChI=1S/C8H16NO/c1-4-9-8(10)6-5-7(2)3/h7H,1,4-6H2,2-3H3,(H,9,10). The van der Waals surface area contributed by atoms with Gasteiger partial charge in [-0.25, -0.2) is 0 Å². The summed E-state index contributed by atoms with van der Waals surface area (Å²) in [6, 6.07) is 0. The lowest BCUT2D eigenvalue weighted by Crippen LogP contribution is -2.22. The largest absolute Gasteiger partial charge is 0.356 e. The summed E-state index contributed by atoms with van der Waals surface area (Å²) in [6.45, 7) is 8.23. The van der Waals surface area contributed by atoms with Crippen molar-refractivity contribution in [3.63, 3.8) is 0 Å². The van der Waals surface area contributed by atoms with Crippen LogP contribution in [0.1, 0.15) is 26.7 Å². The summed E-state index contributed by atoms with van der Waals surface area (Å²) in [4.78, 5) is 10.8. The predicted octanol–water partition coefficient (Wildman–Crippen LogP) is 1.37. The van der Waals surface area contributed by atoms with Gasteiger partial charge in [-0.2, -0.15) is 0 Å². The molecule has 2 heteroatoms. The predicted molar refractivity (Wildman–Crippen MR) is 42.4 cm³/mol. The van der Waals surface area contributed by atoms with E-state index in [-0.39, 0.29) is 5.91 Å². The molecule has 0 aliphatic carbocycles. The van der Waals surface area contributed by atoms with Crippen LogP contribution in [0.25, 0.3) is 0 Å². The molecule has 0 heterocycles. The number of carbonyl (C=O) groups excluding carboxylic acids is 1.